The molecule has 0 aliphatic heterocycles. The standard InChI is InChI=1S/C22H31N3O2S.HI/c1-17(2)21(19-8-6-5-7-9-19)16-25-22(23-3)24-15-14-18-10-12-20(13-11-18)28(4,26)27;/h5-13,17,21H,14-16H2,1-4H3,(H2,23,24,25);1H. The molecule has 0 heterocycles. The minimum atomic E-state index is -3.15. The second kappa shape index (κ2) is 12.2. The van der Waals surface area contributed by atoms with Crippen LogP contribution in [-0.4, -0.2) is 40.8 Å². The van der Waals surface area contributed by atoms with E-state index in [1.54, 1.807) is 19.2 Å². The maximum absolute atomic E-state index is 11.5. The highest BCUT2D eigenvalue weighted by atomic mass is 127. The first-order valence-corrected chi connectivity index (χ1v) is 11.5. The summed E-state index contributed by atoms with van der Waals surface area (Å²) in [5, 5.41) is 6.75. The van der Waals surface area contributed by atoms with Crippen LogP contribution in [-0.2, 0) is 16.3 Å². The van der Waals surface area contributed by atoms with Crippen molar-refractivity contribution in [1.82, 2.24) is 10.6 Å². The Kier molecular flexibility index (Phi) is 10.7. The van der Waals surface area contributed by atoms with E-state index in [0.29, 0.717) is 16.7 Å². The van der Waals surface area contributed by atoms with Gasteiger partial charge in [-0.05, 0) is 35.6 Å². The molecule has 29 heavy (non-hydrogen) atoms. The first-order valence-electron chi connectivity index (χ1n) is 9.59. The number of guanidine groups is 1. The lowest BCUT2D eigenvalue weighted by Gasteiger charge is -2.23. The van der Waals surface area contributed by atoms with Gasteiger partial charge in [0.1, 0.15) is 0 Å². The van der Waals surface area contributed by atoms with Crippen molar-refractivity contribution in [3.63, 3.8) is 0 Å². The van der Waals surface area contributed by atoms with E-state index in [1.165, 1.54) is 11.8 Å². The van der Waals surface area contributed by atoms with Gasteiger partial charge in [-0.3, -0.25) is 4.99 Å². The second-order valence-corrected chi connectivity index (χ2v) is 9.32. The van der Waals surface area contributed by atoms with Crippen LogP contribution in [0.5, 0.6) is 0 Å². The van der Waals surface area contributed by atoms with Crippen molar-refractivity contribution in [2.24, 2.45) is 10.9 Å². The normalized spacial score (nSPS) is 12.9. The van der Waals surface area contributed by atoms with Crippen LogP contribution in [0.4, 0.5) is 0 Å². The molecular weight excluding hydrogens is 497 g/mol. The summed E-state index contributed by atoms with van der Waals surface area (Å²) >= 11 is 0. The fraction of sp³-hybridized carbons (Fsp3) is 0.409. The van der Waals surface area contributed by atoms with Gasteiger partial charge in [-0.25, -0.2) is 8.42 Å². The lowest BCUT2D eigenvalue weighted by Crippen LogP contribution is -2.40. The van der Waals surface area contributed by atoms with Gasteiger partial charge in [-0.2, -0.15) is 0 Å². The lowest BCUT2D eigenvalue weighted by molar-refractivity contribution is 0.488. The monoisotopic (exact) mass is 529 g/mol. The number of aliphatic imine (C=N–C) groups is 1. The Morgan fingerprint density at radius 1 is 1.00 bits per heavy atom. The average molecular weight is 529 g/mol. The molecule has 5 nitrogen and oxygen atoms in total. The van der Waals surface area contributed by atoms with Crippen LogP contribution in [0.1, 0.15) is 30.9 Å². The fourth-order valence-electron chi connectivity index (χ4n) is 3.09. The molecule has 2 aromatic rings. The Morgan fingerprint density at radius 3 is 2.14 bits per heavy atom. The Labute approximate surface area is 192 Å². The van der Waals surface area contributed by atoms with E-state index >= 15 is 0 Å². The van der Waals surface area contributed by atoms with E-state index in [9.17, 15) is 8.42 Å². The van der Waals surface area contributed by atoms with Crippen LogP contribution in [0, 0.1) is 5.92 Å². The topological polar surface area (TPSA) is 70.6 Å². The predicted molar refractivity (Wildman–Crippen MR) is 132 cm³/mol. The zero-order valence-corrected chi connectivity index (χ0v) is 20.7. The Hall–Kier alpha value is -1.61. The number of nitrogens with one attached hydrogen (secondary N) is 2. The summed E-state index contributed by atoms with van der Waals surface area (Å²) in [6.07, 6.45) is 2.01. The van der Waals surface area contributed by atoms with Crippen molar-refractivity contribution in [1.29, 1.82) is 0 Å². The summed E-state index contributed by atoms with van der Waals surface area (Å²) in [5.74, 6) is 1.69. The van der Waals surface area contributed by atoms with E-state index in [2.05, 4.69) is 53.7 Å². The number of rotatable bonds is 8. The molecule has 0 aliphatic carbocycles. The van der Waals surface area contributed by atoms with E-state index in [0.717, 1.165) is 31.0 Å². The summed E-state index contributed by atoms with van der Waals surface area (Å²) in [6.45, 7) is 5.99. The largest absolute Gasteiger partial charge is 0.356 e. The van der Waals surface area contributed by atoms with Crippen molar-refractivity contribution in [2.75, 3.05) is 26.4 Å². The Bertz CT molecular complexity index is 867. The third-order valence-electron chi connectivity index (χ3n) is 4.80. The summed E-state index contributed by atoms with van der Waals surface area (Å²) < 4.78 is 23.1. The lowest BCUT2D eigenvalue weighted by atomic mass is 9.88. The molecule has 2 aromatic carbocycles. The molecular formula is C22H32IN3O2S. The predicted octanol–water partition coefficient (Wildman–Crippen LogP) is 3.86. The van der Waals surface area contributed by atoms with Crippen molar-refractivity contribution in [3.05, 3.63) is 65.7 Å². The maximum atomic E-state index is 11.5. The minimum Gasteiger partial charge on any atom is -0.356 e. The molecule has 0 radical (unpaired) electrons. The number of nitrogens with zero attached hydrogens (tertiary/aromatic N) is 1. The molecule has 1 atom stereocenters. The number of hydrogen-bond acceptors (Lipinski definition) is 3. The van der Waals surface area contributed by atoms with E-state index in [-0.39, 0.29) is 24.0 Å². The van der Waals surface area contributed by atoms with Crippen molar-refractivity contribution in [2.45, 2.75) is 31.1 Å². The smallest absolute Gasteiger partial charge is 0.191 e. The molecule has 0 fully saturated rings. The van der Waals surface area contributed by atoms with Gasteiger partial charge in [0.15, 0.2) is 15.8 Å². The zero-order valence-electron chi connectivity index (χ0n) is 17.6. The van der Waals surface area contributed by atoms with Gasteiger partial charge in [0.05, 0.1) is 4.90 Å². The van der Waals surface area contributed by atoms with Gasteiger partial charge in [0.25, 0.3) is 0 Å². The summed E-state index contributed by atoms with van der Waals surface area (Å²) in [4.78, 5) is 4.66. The molecule has 2 rings (SSSR count). The van der Waals surface area contributed by atoms with Crippen LogP contribution >= 0.6 is 24.0 Å². The van der Waals surface area contributed by atoms with E-state index in [1.807, 2.05) is 18.2 Å². The maximum Gasteiger partial charge on any atom is 0.191 e. The molecule has 7 heteroatoms. The summed E-state index contributed by atoms with van der Waals surface area (Å²) in [7, 11) is -1.38. The molecule has 0 amide bonds. The fourth-order valence-corrected chi connectivity index (χ4v) is 3.72. The van der Waals surface area contributed by atoms with Crippen molar-refractivity contribution in [3.8, 4) is 0 Å². The van der Waals surface area contributed by atoms with Gasteiger partial charge in [-0.15, -0.1) is 24.0 Å². The number of halogens is 1. The summed E-state index contributed by atoms with van der Waals surface area (Å²) in [6, 6.07) is 17.6. The first kappa shape index (κ1) is 25.4. The van der Waals surface area contributed by atoms with Crippen LogP contribution in [0.25, 0.3) is 0 Å². The average Bonchev–Trinajstić information content (AvgIpc) is 2.67. The third kappa shape index (κ3) is 8.34. The second-order valence-electron chi connectivity index (χ2n) is 7.31. The van der Waals surface area contributed by atoms with Gasteiger partial charge in [0, 0.05) is 32.3 Å². The highest BCUT2D eigenvalue weighted by molar-refractivity contribution is 14.0. The van der Waals surface area contributed by atoms with Crippen molar-refractivity contribution >= 4 is 39.8 Å². The highest BCUT2D eigenvalue weighted by Crippen LogP contribution is 2.23. The molecule has 0 spiro atoms. The molecule has 1 unspecified atom stereocenters. The molecule has 0 aromatic heterocycles. The summed E-state index contributed by atoms with van der Waals surface area (Å²) in [5.41, 5.74) is 2.41. The Morgan fingerprint density at radius 2 is 1.62 bits per heavy atom. The molecule has 0 aliphatic rings. The third-order valence-corrected chi connectivity index (χ3v) is 5.93. The van der Waals surface area contributed by atoms with E-state index < -0.39 is 9.84 Å². The van der Waals surface area contributed by atoms with Crippen LogP contribution in [0.15, 0.2) is 64.5 Å². The Balaban J connectivity index is 0.00000420. The molecule has 0 saturated heterocycles. The molecule has 0 bridgehead atoms. The van der Waals surface area contributed by atoms with Gasteiger partial charge in [-0.1, -0.05) is 56.3 Å². The zero-order chi connectivity index (χ0) is 20.6. The van der Waals surface area contributed by atoms with Crippen LogP contribution in [0.2, 0.25) is 0 Å². The quantitative estimate of drug-likeness (QED) is 0.310. The van der Waals surface area contributed by atoms with Gasteiger partial charge < -0.3 is 10.6 Å². The van der Waals surface area contributed by atoms with Gasteiger partial charge in [0.2, 0.25) is 0 Å². The number of sulfone groups is 1. The van der Waals surface area contributed by atoms with Gasteiger partial charge >= 0.3 is 0 Å². The molecule has 2 N–H and O–H groups in total. The van der Waals surface area contributed by atoms with Crippen LogP contribution in [0.3, 0.4) is 0 Å². The number of hydrogen-bond donors (Lipinski definition) is 2. The highest BCUT2D eigenvalue weighted by Gasteiger charge is 2.16. The molecule has 0 saturated carbocycles. The van der Waals surface area contributed by atoms with E-state index in [4.69, 9.17) is 0 Å². The van der Waals surface area contributed by atoms with Crippen molar-refractivity contribution < 1.29 is 8.42 Å². The first-order chi connectivity index (χ1) is 13.3. The number of benzene rings is 2. The SMILES string of the molecule is CN=C(NCCc1ccc(S(C)(=O)=O)cc1)NCC(c1ccccc1)C(C)C.I. The minimum absolute atomic E-state index is 0. The van der Waals surface area contributed by atoms with Crippen LogP contribution < -0.4 is 10.6 Å². The molecule has 160 valence electrons.